The van der Waals surface area contributed by atoms with E-state index in [1.807, 2.05) is 6.07 Å². The minimum absolute atomic E-state index is 0.293. The van der Waals surface area contributed by atoms with Crippen molar-refractivity contribution in [3.05, 3.63) is 18.1 Å². The van der Waals surface area contributed by atoms with Crippen molar-refractivity contribution in [1.82, 2.24) is 9.97 Å². The summed E-state index contributed by atoms with van der Waals surface area (Å²) in [5, 5.41) is 8.56. The smallest absolute Gasteiger partial charge is 0.161 e. The van der Waals surface area contributed by atoms with E-state index in [1.165, 1.54) is 6.20 Å². The summed E-state index contributed by atoms with van der Waals surface area (Å²) >= 11 is 0. The fraction of sp³-hybridized carbons (Fsp3) is 0.222. The molecule has 0 N–H and O–H groups in total. The predicted molar refractivity (Wildman–Crippen MR) is 48.9 cm³/mol. The van der Waals surface area contributed by atoms with Gasteiger partial charge in [-0.05, 0) is 0 Å². The number of aromatic nitrogens is 2. The van der Waals surface area contributed by atoms with Gasteiger partial charge in [0, 0.05) is 7.05 Å². The topological polar surface area (TPSA) is 52.8 Å². The van der Waals surface area contributed by atoms with Gasteiger partial charge in [0.1, 0.15) is 11.9 Å². The Bertz CT molecular complexity index is 372. The molecule has 64 valence electrons. The highest BCUT2D eigenvalue weighted by Crippen LogP contribution is 2.05. The van der Waals surface area contributed by atoms with Gasteiger partial charge >= 0.3 is 0 Å². The van der Waals surface area contributed by atoms with Crippen molar-refractivity contribution < 1.29 is 0 Å². The predicted octanol–water partition coefficient (Wildman–Crippen LogP) is 0.418. The van der Waals surface area contributed by atoms with Crippen LogP contribution in [0.15, 0.2) is 12.4 Å². The Morgan fingerprint density at radius 2 is 2.38 bits per heavy atom. The summed E-state index contributed by atoms with van der Waals surface area (Å²) in [6, 6.07) is 1.91. The molecule has 0 aromatic carbocycles. The molecule has 0 atom stereocenters. The van der Waals surface area contributed by atoms with Crippen LogP contribution in [0, 0.1) is 23.7 Å². The van der Waals surface area contributed by atoms with Gasteiger partial charge in [-0.25, -0.2) is 4.98 Å². The maximum absolute atomic E-state index is 8.56. The van der Waals surface area contributed by atoms with Crippen LogP contribution in [0.25, 0.3) is 0 Å². The molecular weight excluding hydrogens is 164 g/mol. The molecule has 0 aliphatic carbocycles. The molecule has 0 radical (unpaired) electrons. The first-order chi connectivity index (χ1) is 6.27. The van der Waals surface area contributed by atoms with Crippen LogP contribution < -0.4 is 4.90 Å². The average molecular weight is 172 g/mol. The molecule has 4 heteroatoms. The summed E-state index contributed by atoms with van der Waals surface area (Å²) in [7, 11) is 1.80. The Morgan fingerprint density at radius 3 is 3.00 bits per heavy atom. The van der Waals surface area contributed by atoms with Crippen molar-refractivity contribution in [2.75, 3.05) is 18.5 Å². The number of hydrogen-bond acceptors (Lipinski definition) is 4. The molecule has 13 heavy (non-hydrogen) atoms. The molecule has 1 aromatic heterocycles. The molecule has 0 amide bonds. The maximum atomic E-state index is 8.56. The molecule has 4 nitrogen and oxygen atoms in total. The minimum Gasteiger partial charge on any atom is -0.347 e. The molecule has 0 fully saturated rings. The Kier molecular flexibility index (Phi) is 2.83. The van der Waals surface area contributed by atoms with Crippen molar-refractivity contribution in [3.8, 4) is 18.4 Å². The van der Waals surface area contributed by atoms with E-state index < -0.39 is 0 Å². The molecule has 1 rings (SSSR count). The highest BCUT2D eigenvalue weighted by Gasteiger charge is 2.01. The second-order valence-corrected chi connectivity index (χ2v) is 2.43. The summed E-state index contributed by atoms with van der Waals surface area (Å²) < 4.78 is 0. The van der Waals surface area contributed by atoms with Gasteiger partial charge in [-0.1, -0.05) is 5.92 Å². The number of terminal acetylenes is 1. The maximum Gasteiger partial charge on any atom is 0.161 e. The molecule has 0 unspecified atom stereocenters. The molecule has 0 aliphatic heterocycles. The van der Waals surface area contributed by atoms with E-state index in [9.17, 15) is 0 Å². The van der Waals surface area contributed by atoms with Crippen LogP contribution in [0.1, 0.15) is 5.69 Å². The van der Waals surface area contributed by atoms with E-state index in [2.05, 4.69) is 15.9 Å². The number of anilines is 1. The van der Waals surface area contributed by atoms with E-state index in [4.69, 9.17) is 11.7 Å². The van der Waals surface area contributed by atoms with Gasteiger partial charge in [-0.3, -0.25) is 4.98 Å². The van der Waals surface area contributed by atoms with Crippen LogP contribution in [-0.2, 0) is 0 Å². The molecular formula is C9H8N4. The molecule has 0 saturated heterocycles. The highest BCUT2D eigenvalue weighted by molar-refractivity contribution is 5.38. The van der Waals surface area contributed by atoms with Crippen LogP contribution in [-0.4, -0.2) is 23.6 Å². The van der Waals surface area contributed by atoms with E-state index in [0.717, 1.165) is 0 Å². The minimum atomic E-state index is 0.293. The second kappa shape index (κ2) is 4.08. The molecule has 0 aliphatic rings. The van der Waals surface area contributed by atoms with Gasteiger partial charge in [0.05, 0.1) is 18.9 Å². The Hall–Kier alpha value is -2.07. The SMILES string of the molecule is C#CCN(C)c1cncc(C#N)n1. The van der Waals surface area contributed by atoms with Crippen molar-refractivity contribution in [3.63, 3.8) is 0 Å². The van der Waals surface area contributed by atoms with Gasteiger partial charge in [0.2, 0.25) is 0 Å². The number of hydrogen-bond donors (Lipinski definition) is 0. The highest BCUT2D eigenvalue weighted by atomic mass is 15.2. The number of nitriles is 1. The first-order valence-electron chi connectivity index (χ1n) is 3.64. The Balaban J connectivity index is 2.91. The largest absolute Gasteiger partial charge is 0.347 e. The third kappa shape index (κ3) is 2.18. The molecule has 0 saturated carbocycles. The summed E-state index contributed by atoms with van der Waals surface area (Å²) in [6.07, 6.45) is 8.11. The number of nitrogens with zero attached hydrogens (tertiary/aromatic N) is 4. The van der Waals surface area contributed by atoms with Crippen molar-refractivity contribution >= 4 is 5.82 Å². The fourth-order valence-corrected chi connectivity index (χ4v) is 0.811. The van der Waals surface area contributed by atoms with Gasteiger partial charge in [0.15, 0.2) is 5.69 Å². The summed E-state index contributed by atoms with van der Waals surface area (Å²) in [6.45, 7) is 0.448. The van der Waals surface area contributed by atoms with Crippen LogP contribution in [0.5, 0.6) is 0 Å². The zero-order chi connectivity index (χ0) is 9.68. The lowest BCUT2D eigenvalue weighted by Gasteiger charge is -2.13. The van der Waals surface area contributed by atoms with Gasteiger partial charge in [0.25, 0.3) is 0 Å². The third-order valence-electron chi connectivity index (χ3n) is 1.46. The van der Waals surface area contributed by atoms with Crippen LogP contribution in [0.4, 0.5) is 5.82 Å². The lowest BCUT2D eigenvalue weighted by atomic mass is 10.4. The first-order valence-corrected chi connectivity index (χ1v) is 3.64. The zero-order valence-electron chi connectivity index (χ0n) is 7.23. The molecule has 1 aromatic rings. The Labute approximate surface area is 76.8 Å². The van der Waals surface area contributed by atoms with Gasteiger partial charge in [-0.2, -0.15) is 5.26 Å². The quantitative estimate of drug-likeness (QED) is 0.606. The van der Waals surface area contributed by atoms with Crippen LogP contribution >= 0.6 is 0 Å². The zero-order valence-corrected chi connectivity index (χ0v) is 7.23. The first kappa shape index (κ1) is 9.02. The third-order valence-corrected chi connectivity index (χ3v) is 1.46. The molecule has 0 bridgehead atoms. The standard InChI is InChI=1S/C9H8N4/c1-3-4-13(2)9-7-11-6-8(5-10)12-9/h1,6-7H,4H2,2H3. The monoisotopic (exact) mass is 172 g/mol. The molecule has 1 heterocycles. The Morgan fingerprint density at radius 1 is 1.62 bits per heavy atom. The molecule has 0 spiro atoms. The van der Waals surface area contributed by atoms with Gasteiger partial charge < -0.3 is 4.90 Å². The lowest BCUT2D eigenvalue weighted by Crippen LogP contribution is -2.18. The van der Waals surface area contributed by atoms with E-state index in [1.54, 1.807) is 18.1 Å². The summed E-state index contributed by atoms with van der Waals surface area (Å²) in [4.78, 5) is 9.62. The van der Waals surface area contributed by atoms with Crippen LogP contribution in [0.2, 0.25) is 0 Å². The number of rotatable bonds is 2. The van der Waals surface area contributed by atoms with Gasteiger partial charge in [-0.15, -0.1) is 6.42 Å². The lowest BCUT2D eigenvalue weighted by molar-refractivity contribution is 0.981. The summed E-state index contributed by atoms with van der Waals surface area (Å²) in [5.41, 5.74) is 0.293. The van der Waals surface area contributed by atoms with Crippen molar-refractivity contribution in [2.24, 2.45) is 0 Å². The average Bonchev–Trinajstić information content (AvgIpc) is 2.18. The van der Waals surface area contributed by atoms with E-state index in [0.29, 0.717) is 18.1 Å². The normalized spacial score (nSPS) is 8.54. The van der Waals surface area contributed by atoms with Crippen molar-refractivity contribution in [1.29, 1.82) is 5.26 Å². The van der Waals surface area contributed by atoms with Crippen LogP contribution in [0.3, 0.4) is 0 Å². The summed E-state index contributed by atoms with van der Waals surface area (Å²) in [5.74, 6) is 3.09. The van der Waals surface area contributed by atoms with Crippen molar-refractivity contribution in [2.45, 2.75) is 0 Å². The van der Waals surface area contributed by atoms with E-state index >= 15 is 0 Å². The second-order valence-electron chi connectivity index (χ2n) is 2.43. The fourth-order valence-electron chi connectivity index (χ4n) is 0.811. The van der Waals surface area contributed by atoms with E-state index in [-0.39, 0.29) is 0 Å².